The number of nitrogens with zero attached hydrogens (tertiary/aromatic N) is 2. The van der Waals surface area contributed by atoms with E-state index in [1.165, 1.54) is 31.5 Å². The largest absolute Gasteiger partial charge is 0.497 e. The van der Waals surface area contributed by atoms with Crippen molar-refractivity contribution < 1.29 is 4.74 Å². The normalized spacial score (nSPS) is 23.6. The fourth-order valence-electron chi connectivity index (χ4n) is 3.85. The fourth-order valence-corrected chi connectivity index (χ4v) is 3.85. The zero-order valence-corrected chi connectivity index (χ0v) is 15.7. The molecule has 138 valence electrons. The van der Waals surface area contributed by atoms with Crippen LogP contribution in [0.1, 0.15) is 37.3 Å². The summed E-state index contributed by atoms with van der Waals surface area (Å²) >= 11 is 0. The summed E-state index contributed by atoms with van der Waals surface area (Å²) < 4.78 is 5.74. The molecule has 0 spiro atoms. The van der Waals surface area contributed by atoms with Crippen molar-refractivity contribution in [2.24, 2.45) is 0 Å². The number of piperidine rings is 1. The van der Waals surface area contributed by atoms with Crippen LogP contribution in [0.3, 0.4) is 0 Å². The van der Waals surface area contributed by atoms with Gasteiger partial charge in [0.15, 0.2) is 0 Å². The van der Waals surface area contributed by atoms with E-state index >= 15 is 0 Å². The van der Waals surface area contributed by atoms with E-state index in [0.717, 1.165) is 25.9 Å². The lowest BCUT2D eigenvalue weighted by atomic mass is 10.0. The summed E-state index contributed by atoms with van der Waals surface area (Å²) in [5.41, 5.74) is 1.37. The number of likely N-dealkylation sites (N-methyl/N-ethyl adjacent to an activating group) is 1. The monoisotopic (exact) mass is 343 g/mol. The van der Waals surface area contributed by atoms with E-state index in [2.05, 4.69) is 65.6 Å². The lowest BCUT2D eigenvalue weighted by Crippen LogP contribution is -2.45. The van der Waals surface area contributed by atoms with Crippen LogP contribution < -0.4 is 5.32 Å². The second-order valence-electron chi connectivity index (χ2n) is 7.55. The first-order chi connectivity index (χ1) is 12.2. The van der Waals surface area contributed by atoms with Crippen LogP contribution in [0.4, 0.5) is 0 Å². The maximum Gasteiger partial charge on any atom is 0.110 e. The summed E-state index contributed by atoms with van der Waals surface area (Å²) in [6.45, 7) is 4.37. The molecule has 4 nitrogen and oxygen atoms in total. The van der Waals surface area contributed by atoms with Gasteiger partial charge in [0.1, 0.15) is 6.10 Å². The first kappa shape index (κ1) is 18.4. The van der Waals surface area contributed by atoms with Gasteiger partial charge in [-0.15, -0.1) is 0 Å². The van der Waals surface area contributed by atoms with Crippen LogP contribution in [0.2, 0.25) is 0 Å². The van der Waals surface area contributed by atoms with Crippen molar-refractivity contribution in [2.75, 3.05) is 40.3 Å². The third-order valence-electron chi connectivity index (χ3n) is 5.60. The molecule has 1 saturated heterocycles. The van der Waals surface area contributed by atoms with E-state index in [-0.39, 0.29) is 0 Å². The Morgan fingerprint density at radius 1 is 1.20 bits per heavy atom. The van der Waals surface area contributed by atoms with Gasteiger partial charge in [-0.25, -0.2) is 0 Å². The van der Waals surface area contributed by atoms with Gasteiger partial charge in [0.2, 0.25) is 0 Å². The molecule has 0 aromatic heterocycles. The molecule has 0 amide bonds. The second-order valence-corrected chi connectivity index (χ2v) is 7.55. The van der Waals surface area contributed by atoms with Gasteiger partial charge >= 0.3 is 0 Å². The molecule has 2 atom stereocenters. The summed E-state index contributed by atoms with van der Waals surface area (Å²) in [5, 5.41) is 3.77. The van der Waals surface area contributed by atoms with Crippen LogP contribution in [0.5, 0.6) is 0 Å². The van der Waals surface area contributed by atoms with Crippen LogP contribution in [-0.4, -0.2) is 62.2 Å². The van der Waals surface area contributed by atoms with Crippen molar-refractivity contribution in [1.82, 2.24) is 15.1 Å². The number of ether oxygens (including phenoxy) is 1. The first-order valence-electron chi connectivity index (χ1n) is 9.70. The second kappa shape index (κ2) is 9.37. The number of hydrogen-bond acceptors (Lipinski definition) is 4. The summed E-state index contributed by atoms with van der Waals surface area (Å²) in [7, 11) is 4.51. The number of hydrogen-bond donors (Lipinski definition) is 1. The Labute approximate surface area is 152 Å². The third kappa shape index (κ3) is 5.56. The van der Waals surface area contributed by atoms with Gasteiger partial charge in [-0.1, -0.05) is 30.3 Å². The number of benzene rings is 1. The lowest BCUT2D eigenvalue weighted by Gasteiger charge is -2.37. The number of likely N-dealkylation sites (tertiary alicyclic amines) is 1. The van der Waals surface area contributed by atoms with Gasteiger partial charge in [0.25, 0.3) is 0 Å². The summed E-state index contributed by atoms with van der Waals surface area (Å²) in [4.78, 5) is 4.99. The predicted molar refractivity (Wildman–Crippen MR) is 104 cm³/mol. The Morgan fingerprint density at radius 2 is 1.96 bits per heavy atom. The summed E-state index contributed by atoms with van der Waals surface area (Å²) in [6, 6.07) is 11.9. The van der Waals surface area contributed by atoms with Crippen molar-refractivity contribution in [3.8, 4) is 0 Å². The van der Waals surface area contributed by atoms with Crippen LogP contribution in [0.25, 0.3) is 0 Å². The molecule has 4 heteroatoms. The van der Waals surface area contributed by atoms with Crippen molar-refractivity contribution in [3.63, 3.8) is 0 Å². The van der Waals surface area contributed by atoms with Crippen LogP contribution in [0.15, 0.2) is 42.7 Å². The molecule has 2 heterocycles. The van der Waals surface area contributed by atoms with Gasteiger partial charge in [-0.2, -0.15) is 0 Å². The minimum absolute atomic E-state index is 0.296. The van der Waals surface area contributed by atoms with Gasteiger partial charge in [-0.05, 0) is 64.5 Å². The Balaban J connectivity index is 1.58. The fraction of sp³-hybridized carbons (Fsp3) is 0.619. The maximum absolute atomic E-state index is 5.74. The molecule has 25 heavy (non-hydrogen) atoms. The van der Waals surface area contributed by atoms with E-state index in [9.17, 15) is 0 Å². The summed E-state index contributed by atoms with van der Waals surface area (Å²) in [6.07, 6.45) is 9.03. The Morgan fingerprint density at radius 3 is 2.64 bits per heavy atom. The van der Waals surface area contributed by atoms with Crippen LogP contribution >= 0.6 is 0 Å². The molecule has 1 aromatic rings. The number of rotatable bonds is 7. The Kier molecular flexibility index (Phi) is 6.91. The van der Waals surface area contributed by atoms with Gasteiger partial charge in [-0.3, -0.25) is 0 Å². The minimum atomic E-state index is 0.296. The quantitative estimate of drug-likeness (QED) is 0.824. The maximum atomic E-state index is 5.74. The van der Waals surface area contributed by atoms with E-state index in [0.29, 0.717) is 18.2 Å². The van der Waals surface area contributed by atoms with Crippen molar-refractivity contribution in [2.45, 2.75) is 43.9 Å². The molecule has 3 rings (SSSR count). The molecule has 0 radical (unpaired) electrons. The van der Waals surface area contributed by atoms with Gasteiger partial charge in [0, 0.05) is 25.2 Å². The first-order valence-corrected chi connectivity index (χ1v) is 9.70. The molecule has 0 unspecified atom stereocenters. The average molecular weight is 344 g/mol. The molecule has 1 aromatic carbocycles. The molecule has 1 fully saturated rings. The van der Waals surface area contributed by atoms with Crippen LogP contribution in [-0.2, 0) is 4.74 Å². The van der Waals surface area contributed by atoms with E-state index < -0.39 is 0 Å². The zero-order valence-electron chi connectivity index (χ0n) is 15.7. The highest BCUT2D eigenvalue weighted by atomic mass is 16.5. The van der Waals surface area contributed by atoms with E-state index in [4.69, 9.17) is 4.74 Å². The summed E-state index contributed by atoms with van der Waals surface area (Å²) in [5.74, 6) is 0. The number of allylic oxidation sites excluding steroid dienone is 1. The Bertz CT molecular complexity index is 525. The highest BCUT2D eigenvalue weighted by Crippen LogP contribution is 2.20. The van der Waals surface area contributed by atoms with E-state index in [1.807, 2.05) is 6.26 Å². The van der Waals surface area contributed by atoms with Crippen molar-refractivity contribution >= 4 is 0 Å². The molecule has 2 aliphatic rings. The highest BCUT2D eigenvalue weighted by molar-refractivity contribution is 5.19. The van der Waals surface area contributed by atoms with Gasteiger partial charge in [0.05, 0.1) is 6.26 Å². The van der Waals surface area contributed by atoms with Gasteiger partial charge < -0.3 is 19.9 Å². The van der Waals surface area contributed by atoms with Crippen molar-refractivity contribution in [3.05, 3.63) is 48.2 Å². The average Bonchev–Trinajstić information content (AvgIpc) is 2.67. The zero-order chi connectivity index (χ0) is 17.5. The van der Waals surface area contributed by atoms with Crippen molar-refractivity contribution in [1.29, 1.82) is 0 Å². The molecule has 0 bridgehead atoms. The molecule has 0 aliphatic carbocycles. The molecular formula is C21H33N3O. The molecular weight excluding hydrogens is 310 g/mol. The molecule has 0 saturated carbocycles. The molecule has 1 N–H and O–H groups in total. The smallest absolute Gasteiger partial charge is 0.110 e. The van der Waals surface area contributed by atoms with E-state index in [1.54, 1.807) is 0 Å². The topological polar surface area (TPSA) is 27.7 Å². The SMILES string of the molecule is CN1CCC(N(C)C[C@@H](NC[C@@H]2CCC=CO2)c2ccccc2)CC1. The number of nitrogens with one attached hydrogen (secondary N) is 1. The third-order valence-corrected chi connectivity index (χ3v) is 5.60. The van der Waals surface area contributed by atoms with Crippen LogP contribution in [0, 0.1) is 0 Å². The lowest BCUT2D eigenvalue weighted by molar-refractivity contribution is 0.108. The minimum Gasteiger partial charge on any atom is -0.497 e. The molecule has 2 aliphatic heterocycles. The standard InChI is InChI=1S/C21H33N3O/c1-23-13-11-19(12-14-23)24(2)17-21(18-8-4-3-5-9-18)22-16-20-10-6-7-15-25-20/h3-5,7-9,15,19-22H,6,10-14,16-17H2,1-2H3/t20-,21+/m0/s1. The predicted octanol–water partition coefficient (Wildman–Crippen LogP) is 3.04. The Hall–Kier alpha value is -1.36. The highest BCUT2D eigenvalue weighted by Gasteiger charge is 2.24.